The minimum Gasteiger partial charge on any atom is -0.379 e. The maximum absolute atomic E-state index is 12.3. The first-order valence-corrected chi connectivity index (χ1v) is 9.36. The second kappa shape index (κ2) is 8.01. The van der Waals surface area contributed by atoms with Gasteiger partial charge >= 0.3 is 0 Å². The SMILES string of the molecule is O[C@@](c1ccccc1)(c1ccccn1)[C@@H](c1ccccc1)N1CCOCC1. The van der Waals surface area contributed by atoms with E-state index < -0.39 is 5.60 Å². The molecule has 1 N–H and O–H groups in total. The second-order valence-corrected chi connectivity index (χ2v) is 6.81. The largest absolute Gasteiger partial charge is 0.379 e. The highest BCUT2D eigenvalue weighted by Crippen LogP contribution is 2.43. The van der Waals surface area contributed by atoms with Crippen LogP contribution in [0.25, 0.3) is 0 Å². The van der Waals surface area contributed by atoms with Crippen molar-refractivity contribution in [2.45, 2.75) is 11.6 Å². The van der Waals surface area contributed by atoms with Crippen molar-refractivity contribution < 1.29 is 9.84 Å². The van der Waals surface area contributed by atoms with E-state index in [0.29, 0.717) is 18.9 Å². The van der Waals surface area contributed by atoms with E-state index in [1.54, 1.807) is 6.20 Å². The zero-order chi connectivity index (χ0) is 18.5. The molecule has 0 saturated carbocycles. The molecule has 0 aliphatic carbocycles. The molecular formula is C23H24N2O2. The quantitative estimate of drug-likeness (QED) is 0.758. The van der Waals surface area contributed by atoms with Gasteiger partial charge in [-0.15, -0.1) is 0 Å². The summed E-state index contributed by atoms with van der Waals surface area (Å²) >= 11 is 0. The fraction of sp³-hybridized carbons (Fsp3) is 0.261. The molecule has 0 spiro atoms. The maximum atomic E-state index is 12.3. The van der Waals surface area contributed by atoms with Crippen LogP contribution in [-0.4, -0.2) is 41.3 Å². The molecule has 2 heterocycles. The highest BCUT2D eigenvalue weighted by Gasteiger charge is 2.45. The molecule has 1 fully saturated rings. The summed E-state index contributed by atoms with van der Waals surface area (Å²) in [4.78, 5) is 6.87. The zero-order valence-corrected chi connectivity index (χ0v) is 15.2. The van der Waals surface area contributed by atoms with E-state index in [0.717, 1.165) is 24.2 Å². The third-order valence-electron chi connectivity index (χ3n) is 5.19. The molecule has 1 aliphatic rings. The fourth-order valence-electron chi connectivity index (χ4n) is 3.91. The van der Waals surface area contributed by atoms with E-state index in [9.17, 15) is 5.11 Å². The number of nitrogens with zero attached hydrogens (tertiary/aromatic N) is 2. The summed E-state index contributed by atoms with van der Waals surface area (Å²) in [5, 5.41) is 12.3. The summed E-state index contributed by atoms with van der Waals surface area (Å²) in [6.45, 7) is 2.86. The fourth-order valence-corrected chi connectivity index (χ4v) is 3.91. The lowest BCUT2D eigenvalue weighted by Crippen LogP contribution is -2.49. The topological polar surface area (TPSA) is 45.6 Å². The Morgan fingerprint density at radius 3 is 2.11 bits per heavy atom. The Bertz CT molecular complexity index is 795. The third kappa shape index (κ3) is 3.52. The molecule has 27 heavy (non-hydrogen) atoms. The second-order valence-electron chi connectivity index (χ2n) is 6.81. The van der Waals surface area contributed by atoms with Gasteiger partial charge in [-0.1, -0.05) is 66.7 Å². The molecule has 0 bridgehead atoms. The average Bonchev–Trinajstić information content (AvgIpc) is 2.76. The van der Waals surface area contributed by atoms with Crippen molar-refractivity contribution in [3.63, 3.8) is 0 Å². The van der Waals surface area contributed by atoms with Crippen molar-refractivity contribution in [2.75, 3.05) is 26.3 Å². The van der Waals surface area contributed by atoms with E-state index in [1.165, 1.54) is 0 Å². The van der Waals surface area contributed by atoms with Gasteiger partial charge in [-0.2, -0.15) is 0 Å². The Morgan fingerprint density at radius 1 is 0.852 bits per heavy atom. The first-order chi connectivity index (χ1) is 13.3. The molecule has 1 saturated heterocycles. The summed E-state index contributed by atoms with van der Waals surface area (Å²) < 4.78 is 5.57. The van der Waals surface area contributed by atoms with Crippen LogP contribution < -0.4 is 0 Å². The van der Waals surface area contributed by atoms with Gasteiger partial charge in [0, 0.05) is 19.3 Å². The summed E-state index contributed by atoms with van der Waals surface area (Å²) in [6, 6.07) is 25.5. The minimum atomic E-state index is -1.28. The first-order valence-electron chi connectivity index (χ1n) is 9.36. The number of aromatic nitrogens is 1. The normalized spacial score (nSPS) is 18.6. The van der Waals surface area contributed by atoms with Gasteiger partial charge in [-0.25, -0.2) is 0 Å². The molecular weight excluding hydrogens is 336 g/mol. The maximum Gasteiger partial charge on any atom is 0.151 e. The van der Waals surface area contributed by atoms with Crippen LogP contribution >= 0.6 is 0 Å². The smallest absolute Gasteiger partial charge is 0.151 e. The number of morpholine rings is 1. The van der Waals surface area contributed by atoms with Crippen LogP contribution in [-0.2, 0) is 10.3 Å². The van der Waals surface area contributed by atoms with Gasteiger partial charge in [0.15, 0.2) is 5.60 Å². The molecule has 4 heteroatoms. The lowest BCUT2D eigenvalue weighted by molar-refractivity contribution is -0.0638. The van der Waals surface area contributed by atoms with Gasteiger partial charge < -0.3 is 9.84 Å². The molecule has 4 rings (SSSR count). The van der Waals surface area contributed by atoms with Crippen LogP contribution in [0.1, 0.15) is 22.9 Å². The van der Waals surface area contributed by atoms with Crippen molar-refractivity contribution in [1.82, 2.24) is 9.88 Å². The summed E-state index contributed by atoms with van der Waals surface area (Å²) in [7, 11) is 0. The van der Waals surface area contributed by atoms with Crippen molar-refractivity contribution in [1.29, 1.82) is 0 Å². The van der Waals surface area contributed by atoms with Crippen molar-refractivity contribution in [2.24, 2.45) is 0 Å². The Kier molecular flexibility index (Phi) is 5.30. The Morgan fingerprint density at radius 2 is 1.48 bits per heavy atom. The Balaban J connectivity index is 1.91. The highest BCUT2D eigenvalue weighted by molar-refractivity contribution is 5.38. The summed E-state index contributed by atoms with van der Waals surface area (Å²) in [5.41, 5.74) is 1.28. The lowest BCUT2D eigenvalue weighted by atomic mass is 9.78. The minimum absolute atomic E-state index is 0.264. The van der Waals surface area contributed by atoms with Gasteiger partial charge in [0.05, 0.1) is 24.9 Å². The van der Waals surface area contributed by atoms with Crippen LogP contribution in [0.5, 0.6) is 0 Å². The number of ether oxygens (including phenoxy) is 1. The van der Waals surface area contributed by atoms with E-state index in [-0.39, 0.29) is 6.04 Å². The van der Waals surface area contributed by atoms with Crippen LogP contribution in [0.2, 0.25) is 0 Å². The van der Waals surface area contributed by atoms with Gasteiger partial charge in [0.2, 0.25) is 0 Å². The summed E-state index contributed by atoms with van der Waals surface area (Å²) in [6.07, 6.45) is 1.74. The van der Waals surface area contributed by atoms with Crippen LogP contribution in [0.3, 0.4) is 0 Å². The predicted octanol–water partition coefficient (Wildman–Crippen LogP) is 3.39. The monoisotopic (exact) mass is 360 g/mol. The number of benzene rings is 2. The van der Waals surface area contributed by atoms with Gasteiger partial charge in [0.25, 0.3) is 0 Å². The molecule has 138 valence electrons. The number of rotatable bonds is 5. The van der Waals surface area contributed by atoms with E-state index >= 15 is 0 Å². The van der Waals surface area contributed by atoms with Gasteiger partial charge in [0.1, 0.15) is 0 Å². The van der Waals surface area contributed by atoms with Crippen LogP contribution in [0.15, 0.2) is 85.1 Å². The van der Waals surface area contributed by atoms with Crippen molar-refractivity contribution >= 4 is 0 Å². The van der Waals surface area contributed by atoms with E-state index in [4.69, 9.17) is 4.74 Å². The highest BCUT2D eigenvalue weighted by atomic mass is 16.5. The van der Waals surface area contributed by atoms with Crippen LogP contribution in [0, 0.1) is 0 Å². The molecule has 2 aromatic carbocycles. The average molecular weight is 360 g/mol. The number of hydrogen-bond acceptors (Lipinski definition) is 4. The van der Waals surface area contributed by atoms with Gasteiger partial charge in [-0.3, -0.25) is 9.88 Å². The number of aliphatic hydroxyl groups is 1. The Labute approximate surface area is 160 Å². The molecule has 2 atom stereocenters. The molecule has 1 aliphatic heterocycles. The van der Waals surface area contributed by atoms with E-state index in [2.05, 4.69) is 22.0 Å². The standard InChI is InChI=1S/C23H24N2O2/c26-23(20-11-5-2-6-12-20,21-13-7-8-14-24-21)22(19-9-3-1-4-10-19)25-15-17-27-18-16-25/h1-14,22,26H,15-18H2/t22-,23+/m1/s1. The van der Waals surface area contributed by atoms with E-state index in [1.807, 2.05) is 66.7 Å². The zero-order valence-electron chi connectivity index (χ0n) is 15.2. The molecule has 1 aromatic heterocycles. The lowest BCUT2D eigenvalue weighted by Gasteiger charge is -2.44. The van der Waals surface area contributed by atoms with Crippen LogP contribution in [0.4, 0.5) is 0 Å². The van der Waals surface area contributed by atoms with Gasteiger partial charge in [-0.05, 0) is 23.3 Å². The molecule has 0 amide bonds. The number of hydrogen-bond donors (Lipinski definition) is 1. The third-order valence-corrected chi connectivity index (χ3v) is 5.19. The molecule has 0 unspecified atom stereocenters. The van der Waals surface area contributed by atoms with Crippen molar-refractivity contribution in [3.05, 3.63) is 102 Å². The van der Waals surface area contributed by atoms with Crippen molar-refractivity contribution in [3.8, 4) is 0 Å². The molecule has 4 nitrogen and oxygen atoms in total. The summed E-state index contributed by atoms with van der Waals surface area (Å²) in [5.74, 6) is 0. The number of pyridine rings is 1. The Hall–Kier alpha value is -2.53. The predicted molar refractivity (Wildman–Crippen MR) is 105 cm³/mol. The molecule has 0 radical (unpaired) electrons. The molecule has 3 aromatic rings. The first kappa shape index (κ1) is 17.9.